The van der Waals surface area contributed by atoms with E-state index in [0.717, 1.165) is 18.8 Å². The van der Waals surface area contributed by atoms with Crippen molar-refractivity contribution >= 4 is 27.3 Å². The van der Waals surface area contributed by atoms with Crippen molar-refractivity contribution in [1.29, 1.82) is 0 Å². The molecule has 3 rings (SSSR count). The zero-order valence-corrected chi connectivity index (χ0v) is 16.3. The maximum atomic E-state index is 13.1. The molecular weight excluding hydrogens is 383 g/mol. The minimum absolute atomic E-state index is 0.0501. The van der Waals surface area contributed by atoms with Crippen molar-refractivity contribution in [2.45, 2.75) is 17.9 Å². The largest absolute Gasteiger partial charge is 0.369 e. The highest BCUT2D eigenvalue weighted by Crippen LogP contribution is 2.19. The van der Waals surface area contributed by atoms with Crippen molar-refractivity contribution in [2.24, 2.45) is 5.14 Å². The molecule has 1 heterocycles. The second-order valence-corrected chi connectivity index (χ2v) is 8.30. The smallest absolute Gasteiger partial charge is 0.241 e. The molecule has 0 aromatic heterocycles. The maximum Gasteiger partial charge on any atom is 0.241 e. The molecule has 9 heteroatoms. The zero-order valence-electron chi connectivity index (χ0n) is 15.5. The van der Waals surface area contributed by atoms with E-state index in [1.165, 1.54) is 30.3 Å². The Morgan fingerprint density at radius 3 is 2.36 bits per heavy atom. The van der Waals surface area contributed by atoms with E-state index >= 15 is 0 Å². The maximum absolute atomic E-state index is 13.1. The lowest BCUT2D eigenvalue weighted by atomic mass is 10.2. The second-order valence-electron chi connectivity index (χ2n) is 6.74. The lowest BCUT2D eigenvalue weighted by Gasteiger charge is -2.38. The molecule has 2 aromatic carbocycles. The van der Waals surface area contributed by atoms with E-state index in [1.807, 2.05) is 6.92 Å². The molecule has 0 bridgehead atoms. The van der Waals surface area contributed by atoms with Crippen LogP contribution in [0.5, 0.6) is 0 Å². The van der Waals surface area contributed by atoms with Gasteiger partial charge in [0.15, 0.2) is 0 Å². The van der Waals surface area contributed by atoms with Crippen molar-refractivity contribution in [3.05, 3.63) is 54.3 Å². The summed E-state index contributed by atoms with van der Waals surface area (Å²) in [6, 6.07) is 11.9. The Hall–Kier alpha value is -2.49. The van der Waals surface area contributed by atoms with Crippen molar-refractivity contribution in [3.63, 3.8) is 0 Å². The van der Waals surface area contributed by atoms with Crippen LogP contribution in [0.1, 0.15) is 6.92 Å². The molecule has 0 spiro atoms. The molecule has 2 aromatic rings. The van der Waals surface area contributed by atoms with Crippen LogP contribution in [-0.2, 0) is 14.8 Å². The summed E-state index contributed by atoms with van der Waals surface area (Å²) in [6.07, 6.45) is 0. The topological polar surface area (TPSA) is 95.7 Å². The van der Waals surface area contributed by atoms with E-state index in [4.69, 9.17) is 5.14 Å². The Bertz CT molecular complexity index is 942. The molecule has 3 N–H and O–H groups in total. The number of carbonyl (C=O) groups is 1. The van der Waals surface area contributed by atoms with Crippen LogP contribution >= 0.6 is 0 Å². The first kappa shape index (κ1) is 20.2. The quantitative estimate of drug-likeness (QED) is 0.787. The fraction of sp³-hybridized carbons (Fsp3) is 0.316. The molecule has 1 atom stereocenters. The fourth-order valence-electron chi connectivity index (χ4n) is 3.18. The summed E-state index contributed by atoms with van der Waals surface area (Å²) >= 11 is 0. The number of sulfonamides is 1. The molecule has 0 saturated carbocycles. The molecule has 0 aliphatic carbocycles. The number of nitrogens with zero attached hydrogens (tertiary/aromatic N) is 2. The molecule has 28 heavy (non-hydrogen) atoms. The molecule has 1 aliphatic rings. The third-order valence-corrected chi connectivity index (χ3v) is 5.77. The zero-order chi connectivity index (χ0) is 20.3. The van der Waals surface area contributed by atoms with Crippen LogP contribution in [0.25, 0.3) is 0 Å². The van der Waals surface area contributed by atoms with Gasteiger partial charge >= 0.3 is 0 Å². The number of primary sulfonamides is 1. The van der Waals surface area contributed by atoms with Crippen LogP contribution in [-0.4, -0.2) is 51.4 Å². The number of benzene rings is 2. The predicted octanol–water partition coefficient (Wildman–Crippen LogP) is 1.62. The highest BCUT2D eigenvalue weighted by Gasteiger charge is 2.26. The number of rotatable bonds is 5. The number of nitrogens with two attached hydrogens (primary N) is 1. The number of amides is 1. The van der Waals surface area contributed by atoms with Crippen LogP contribution in [0.4, 0.5) is 15.8 Å². The third-order valence-electron chi connectivity index (χ3n) is 4.86. The first-order chi connectivity index (χ1) is 13.2. The summed E-state index contributed by atoms with van der Waals surface area (Å²) in [7, 11) is -3.83. The van der Waals surface area contributed by atoms with Gasteiger partial charge < -0.3 is 10.2 Å². The average Bonchev–Trinajstić information content (AvgIpc) is 2.68. The molecular formula is C19H23FN4O3S. The fourth-order valence-corrected chi connectivity index (χ4v) is 3.74. The number of nitrogens with one attached hydrogen (secondary N) is 1. The van der Waals surface area contributed by atoms with E-state index in [2.05, 4.69) is 15.1 Å². The van der Waals surface area contributed by atoms with Crippen LogP contribution in [0, 0.1) is 5.82 Å². The Morgan fingerprint density at radius 1 is 1.11 bits per heavy atom. The summed E-state index contributed by atoms with van der Waals surface area (Å²) in [5.41, 5.74) is 1.34. The predicted molar refractivity (Wildman–Crippen MR) is 106 cm³/mol. The van der Waals surface area contributed by atoms with Gasteiger partial charge in [0, 0.05) is 37.6 Å². The summed E-state index contributed by atoms with van der Waals surface area (Å²) in [6.45, 7) is 4.63. The number of hydrogen-bond acceptors (Lipinski definition) is 5. The Kier molecular flexibility index (Phi) is 5.97. The van der Waals surface area contributed by atoms with Gasteiger partial charge in [0.2, 0.25) is 15.9 Å². The lowest BCUT2D eigenvalue weighted by Crippen LogP contribution is -2.52. The van der Waals surface area contributed by atoms with E-state index in [1.54, 1.807) is 18.2 Å². The monoisotopic (exact) mass is 406 g/mol. The standard InChI is InChI=1S/C19H23FN4O3S/c1-14(19(25)22-16-3-2-4-18(13-16)28(21,26)27)23-9-11-24(12-10-23)17-7-5-15(20)6-8-17/h2-8,13-14H,9-12H2,1H3,(H,22,25)(H2,21,26,27). The van der Waals surface area contributed by atoms with E-state index in [0.29, 0.717) is 18.8 Å². The first-order valence-electron chi connectivity index (χ1n) is 8.92. The van der Waals surface area contributed by atoms with Gasteiger partial charge in [-0.15, -0.1) is 0 Å². The molecule has 150 valence electrons. The average molecular weight is 406 g/mol. The number of carbonyl (C=O) groups excluding carboxylic acids is 1. The minimum Gasteiger partial charge on any atom is -0.369 e. The molecule has 1 unspecified atom stereocenters. The van der Waals surface area contributed by atoms with E-state index in [9.17, 15) is 17.6 Å². The summed E-state index contributed by atoms with van der Waals surface area (Å²) in [5, 5.41) is 7.87. The van der Waals surface area contributed by atoms with Gasteiger partial charge in [-0.25, -0.2) is 17.9 Å². The van der Waals surface area contributed by atoms with Gasteiger partial charge in [-0.2, -0.15) is 0 Å². The Labute approximate surface area is 164 Å². The highest BCUT2D eigenvalue weighted by atomic mass is 32.2. The van der Waals surface area contributed by atoms with Crippen molar-refractivity contribution in [3.8, 4) is 0 Å². The Morgan fingerprint density at radius 2 is 1.75 bits per heavy atom. The minimum atomic E-state index is -3.83. The first-order valence-corrected chi connectivity index (χ1v) is 10.5. The van der Waals surface area contributed by atoms with Gasteiger partial charge in [0.25, 0.3) is 0 Å². The summed E-state index contributed by atoms with van der Waals surface area (Å²) < 4.78 is 36.0. The van der Waals surface area contributed by atoms with E-state index in [-0.39, 0.29) is 22.7 Å². The van der Waals surface area contributed by atoms with Crippen molar-refractivity contribution < 1.29 is 17.6 Å². The number of piperazine rings is 1. The third kappa shape index (κ3) is 4.86. The summed E-state index contributed by atoms with van der Waals surface area (Å²) in [4.78, 5) is 16.7. The molecule has 1 saturated heterocycles. The molecule has 7 nitrogen and oxygen atoms in total. The van der Waals surface area contributed by atoms with Crippen LogP contribution in [0.15, 0.2) is 53.4 Å². The van der Waals surface area contributed by atoms with Gasteiger partial charge in [-0.05, 0) is 49.4 Å². The van der Waals surface area contributed by atoms with E-state index < -0.39 is 10.0 Å². The second kappa shape index (κ2) is 8.26. The van der Waals surface area contributed by atoms with Gasteiger partial charge in [-0.3, -0.25) is 9.69 Å². The van der Waals surface area contributed by atoms with Gasteiger partial charge in [-0.1, -0.05) is 6.07 Å². The molecule has 1 amide bonds. The van der Waals surface area contributed by atoms with Crippen LogP contribution < -0.4 is 15.4 Å². The molecule has 1 fully saturated rings. The Balaban J connectivity index is 1.58. The van der Waals surface area contributed by atoms with Crippen molar-refractivity contribution in [2.75, 3.05) is 36.4 Å². The number of halogens is 1. The lowest BCUT2D eigenvalue weighted by molar-refractivity contribution is -0.120. The number of anilines is 2. The van der Waals surface area contributed by atoms with Gasteiger partial charge in [0.05, 0.1) is 10.9 Å². The summed E-state index contributed by atoms with van der Waals surface area (Å²) in [5.74, 6) is -0.485. The SMILES string of the molecule is CC(C(=O)Nc1cccc(S(N)(=O)=O)c1)N1CCN(c2ccc(F)cc2)CC1. The van der Waals surface area contributed by atoms with Crippen LogP contribution in [0.2, 0.25) is 0 Å². The highest BCUT2D eigenvalue weighted by molar-refractivity contribution is 7.89. The number of hydrogen-bond donors (Lipinski definition) is 2. The van der Waals surface area contributed by atoms with Crippen molar-refractivity contribution in [1.82, 2.24) is 4.90 Å². The molecule has 0 radical (unpaired) electrons. The van der Waals surface area contributed by atoms with Crippen LogP contribution in [0.3, 0.4) is 0 Å². The van der Waals surface area contributed by atoms with Gasteiger partial charge in [0.1, 0.15) is 5.82 Å². The molecule has 1 aliphatic heterocycles. The normalized spacial score (nSPS) is 16.6.